The zero-order valence-corrected chi connectivity index (χ0v) is 18.1. The van der Waals surface area contributed by atoms with Crippen LogP contribution in [0.5, 0.6) is 5.88 Å². The summed E-state index contributed by atoms with van der Waals surface area (Å²) in [6.45, 7) is 4.13. The molecular weight excluding hydrogens is 453 g/mol. The molecule has 0 aliphatic heterocycles. The first kappa shape index (κ1) is 21.6. The van der Waals surface area contributed by atoms with Crippen LogP contribution >= 0.6 is 35.6 Å². The number of aromatic nitrogens is 2. The highest BCUT2D eigenvalue weighted by Crippen LogP contribution is 2.14. The number of nitrogens with one attached hydrogen (secondary N) is 1. The summed E-state index contributed by atoms with van der Waals surface area (Å²) < 4.78 is 7.17. The Balaban J connectivity index is 0.00000312. The van der Waals surface area contributed by atoms with E-state index in [1.807, 2.05) is 43.1 Å². The fourth-order valence-corrected chi connectivity index (χ4v) is 2.61. The van der Waals surface area contributed by atoms with Crippen molar-refractivity contribution in [3.8, 4) is 5.88 Å². The van der Waals surface area contributed by atoms with Gasteiger partial charge in [-0.3, -0.25) is 0 Å². The van der Waals surface area contributed by atoms with Crippen molar-refractivity contribution in [3.63, 3.8) is 0 Å². The van der Waals surface area contributed by atoms with Crippen molar-refractivity contribution in [2.24, 2.45) is 12.0 Å². The van der Waals surface area contributed by atoms with Gasteiger partial charge >= 0.3 is 0 Å². The minimum Gasteiger partial charge on any atom is -0.481 e. The molecule has 6 nitrogen and oxygen atoms in total. The molecule has 0 aliphatic rings. The SMILES string of the molecule is CCNC(=NCc1ccnc(OC)c1)N(C)Cc1cc(Cl)cn1C.I. The van der Waals surface area contributed by atoms with E-state index in [2.05, 4.69) is 22.1 Å². The predicted octanol–water partition coefficient (Wildman–Crippen LogP) is 3.30. The predicted molar refractivity (Wildman–Crippen MR) is 113 cm³/mol. The molecule has 0 aliphatic carbocycles. The second kappa shape index (κ2) is 10.5. The molecule has 0 amide bonds. The molecule has 0 spiro atoms. The molecule has 0 fully saturated rings. The quantitative estimate of drug-likeness (QED) is 0.394. The maximum atomic E-state index is 6.06. The third-order valence-electron chi connectivity index (χ3n) is 3.59. The number of ether oxygens (including phenoxy) is 1. The summed E-state index contributed by atoms with van der Waals surface area (Å²) in [5.74, 6) is 1.44. The van der Waals surface area contributed by atoms with E-state index in [0.29, 0.717) is 19.0 Å². The Morgan fingerprint density at radius 3 is 2.80 bits per heavy atom. The van der Waals surface area contributed by atoms with Gasteiger partial charge < -0.3 is 19.5 Å². The number of hydrogen-bond donors (Lipinski definition) is 1. The third-order valence-corrected chi connectivity index (χ3v) is 3.80. The molecule has 0 saturated heterocycles. The van der Waals surface area contributed by atoms with Gasteiger partial charge in [0.15, 0.2) is 5.96 Å². The Hall–Kier alpha value is -1.48. The summed E-state index contributed by atoms with van der Waals surface area (Å²) in [6, 6.07) is 5.80. The van der Waals surface area contributed by atoms with Crippen molar-refractivity contribution in [2.75, 3.05) is 20.7 Å². The van der Waals surface area contributed by atoms with Crippen molar-refractivity contribution >= 4 is 41.5 Å². The first-order chi connectivity index (χ1) is 11.5. The number of nitrogens with zero attached hydrogens (tertiary/aromatic N) is 4. The number of hydrogen-bond acceptors (Lipinski definition) is 3. The van der Waals surface area contributed by atoms with Crippen molar-refractivity contribution < 1.29 is 4.74 Å². The lowest BCUT2D eigenvalue weighted by atomic mass is 10.3. The Morgan fingerprint density at radius 1 is 1.44 bits per heavy atom. The number of methoxy groups -OCH3 is 1. The van der Waals surface area contributed by atoms with E-state index in [1.54, 1.807) is 13.3 Å². The van der Waals surface area contributed by atoms with Crippen LogP contribution in [0.4, 0.5) is 0 Å². The maximum absolute atomic E-state index is 6.06. The molecule has 138 valence electrons. The molecule has 1 N–H and O–H groups in total. The van der Waals surface area contributed by atoms with Gasteiger partial charge in [0.05, 0.1) is 25.2 Å². The van der Waals surface area contributed by atoms with Gasteiger partial charge in [-0.2, -0.15) is 0 Å². The molecule has 2 aromatic heterocycles. The Morgan fingerprint density at radius 2 is 2.20 bits per heavy atom. The zero-order valence-electron chi connectivity index (χ0n) is 15.0. The van der Waals surface area contributed by atoms with Crippen molar-refractivity contribution in [1.29, 1.82) is 0 Å². The van der Waals surface area contributed by atoms with Crippen LogP contribution in [0.2, 0.25) is 5.02 Å². The lowest BCUT2D eigenvalue weighted by molar-refractivity contribution is 0.397. The molecule has 2 aromatic rings. The van der Waals surface area contributed by atoms with Crippen LogP contribution in [-0.2, 0) is 20.1 Å². The highest BCUT2D eigenvalue weighted by Gasteiger charge is 2.10. The highest BCUT2D eigenvalue weighted by molar-refractivity contribution is 14.0. The number of guanidine groups is 1. The average Bonchev–Trinajstić information content (AvgIpc) is 2.88. The zero-order chi connectivity index (χ0) is 17.5. The van der Waals surface area contributed by atoms with E-state index in [1.165, 1.54) is 0 Å². The molecule has 0 atom stereocenters. The Labute approximate surface area is 171 Å². The van der Waals surface area contributed by atoms with E-state index in [4.69, 9.17) is 21.3 Å². The van der Waals surface area contributed by atoms with Crippen LogP contribution in [-0.4, -0.2) is 41.1 Å². The molecule has 0 unspecified atom stereocenters. The van der Waals surface area contributed by atoms with Crippen LogP contribution in [0.3, 0.4) is 0 Å². The summed E-state index contributed by atoms with van der Waals surface area (Å²) in [4.78, 5) is 10.9. The standard InChI is InChI=1S/C17H24ClN5O.HI/c1-5-19-17(21-10-13-6-7-20-16(8-13)24-4)23(3)12-15-9-14(18)11-22(15)2;/h6-9,11H,5,10,12H2,1-4H3,(H,19,21);1H. The molecule has 8 heteroatoms. The number of aliphatic imine (C=N–C) groups is 1. The van der Waals surface area contributed by atoms with E-state index in [0.717, 1.165) is 28.8 Å². The van der Waals surface area contributed by atoms with E-state index >= 15 is 0 Å². The van der Waals surface area contributed by atoms with Crippen LogP contribution in [0.25, 0.3) is 0 Å². The van der Waals surface area contributed by atoms with Gasteiger partial charge in [-0.15, -0.1) is 24.0 Å². The second-order valence-electron chi connectivity index (χ2n) is 5.49. The summed E-state index contributed by atoms with van der Waals surface area (Å²) >= 11 is 6.06. The van der Waals surface area contributed by atoms with Crippen LogP contribution in [0.1, 0.15) is 18.2 Å². The minimum atomic E-state index is 0. The molecule has 25 heavy (non-hydrogen) atoms. The first-order valence-electron chi connectivity index (χ1n) is 7.82. The summed E-state index contributed by atoms with van der Waals surface area (Å²) in [5.41, 5.74) is 2.17. The Bertz CT molecular complexity index is 704. The van der Waals surface area contributed by atoms with E-state index in [9.17, 15) is 0 Å². The Kier molecular flexibility index (Phi) is 9.05. The number of aryl methyl sites for hydroxylation is 1. The topological polar surface area (TPSA) is 54.7 Å². The van der Waals surface area contributed by atoms with Gasteiger partial charge in [0.25, 0.3) is 0 Å². The average molecular weight is 478 g/mol. The summed E-state index contributed by atoms with van der Waals surface area (Å²) in [7, 11) is 5.61. The van der Waals surface area contributed by atoms with Gasteiger partial charge in [0, 0.05) is 44.8 Å². The largest absolute Gasteiger partial charge is 0.481 e. The lowest BCUT2D eigenvalue weighted by Crippen LogP contribution is -2.38. The fraction of sp³-hybridized carbons (Fsp3) is 0.412. The minimum absolute atomic E-state index is 0. The van der Waals surface area contributed by atoms with Crippen LogP contribution in [0, 0.1) is 0 Å². The third kappa shape index (κ3) is 6.39. The summed E-state index contributed by atoms with van der Waals surface area (Å²) in [6.07, 6.45) is 3.63. The summed E-state index contributed by atoms with van der Waals surface area (Å²) in [5, 5.41) is 4.06. The van der Waals surface area contributed by atoms with Gasteiger partial charge in [-0.1, -0.05) is 11.6 Å². The number of pyridine rings is 1. The van der Waals surface area contributed by atoms with Gasteiger partial charge in [0.2, 0.25) is 5.88 Å². The molecule has 0 saturated carbocycles. The molecule has 2 heterocycles. The normalized spacial score (nSPS) is 11.0. The fourth-order valence-electron chi connectivity index (χ4n) is 2.34. The number of rotatable bonds is 6. The van der Waals surface area contributed by atoms with Gasteiger partial charge in [-0.05, 0) is 24.6 Å². The smallest absolute Gasteiger partial charge is 0.213 e. The van der Waals surface area contributed by atoms with Crippen molar-refractivity contribution in [2.45, 2.75) is 20.0 Å². The van der Waals surface area contributed by atoms with Crippen LogP contribution in [0.15, 0.2) is 35.6 Å². The molecule has 0 radical (unpaired) electrons. The molecule has 0 bridgehead atoms. The first-order valence-corrected chi connectivity index (χ1v) is 8.20. The lowest BCUT2D eigenvalue weighted by Gasteiger charge is -2.22. The van der Waals surface area contributed by atoms with Crippen molar-refractivity contribution in [3.05, 3.63) is 46.9 Å². The molecule has 0 aromatic carbocycles. The van der Waals surface area contributed by atoms with E-state index in [-0.39, 0.29) is 24.0 Å². The maximum Gasteiger partial charge on any atom is 0.213 e. The molecule has 2 rings (SSSR count). The van der Waals surface area contributed by atoms with Gasteiger partial charge in [-0.25, -0.2) is 9.98 Å². The second-order valence-corrected chi connectivity index (χ2v) is 5.93. The van der Waals surface area contributed by atoms with Gasteiger partial charge in [0.1, 0.15) is 0 Å². The monoisotopic (exact) mass is 477 g/mol. The highest BCUT2D eigenvalue weighted by atomic mass is 127. The molecular formula is C17H25ClIN5O. The van der Waals surface area contributed by atoms with Crippen molar-refractivity contribution in [1.82, 2.24) is 19.8 Å². The number of halogens is 2. The van der Waals surface area contributed by atoms with E-state index < -0.39 is 0 Å². The van der Waals surface area contributed by atoms with Crippen LogP contribution < -0.4 is 10.1 Å².